The summed E-state index contributed by atoms with van der Waals surface area (Å²) in [4.78, 5) is 28.0. The van der Waals surface area contributed by atoms with Gasteiger partial charge < -0.3 is 11.1 Å². The lowest BCUT2D eigenvalue weighted by atomic mass is 9.68. The van der Waals surface area contributed by atoms with E-state index in [4.69, 9.17) is 5.73 Å². The van der Waals surface area contributed by atoms with E-state index in [2.05, 4.69) is 19.2 Å². The van der Waals surface area contributed by atoms with Crippen LogP contribution in [0.1, 0.15) is 91.4 Å². The highest BCUT2D eigenvalue weighted by Crippen LogP contribution is 2.45. The van der Waals surface area contributed by atoms with Crippen molar-refractivity contribution in [2.45, 2.75) is 103 Å². The van der Waals surface area contributed by atoms with Crippen LogP contribution in [0, 0.1) is 17.8 Å². The van der Waals surface area contributed by atoms with E-state index in [0.717, 1.165) is 51.4 Å². The summed E-state index contributed by atoms with van der Waals surface area (Å²) >= 11 is 0. The van der Waals surface area contributed by atoms with Crippen molar-refractivity contribution in [1.82, 2.24) is 10.2 Å². The molecule has 0 aromatic heterocycles. The fourth-order valence-electron chi connectivity index (χ4n) is 5.82. The number of nitrogens with zero attached hydrogens (tertiary/aromatic N) is 1. The van der Waals surface area contributed by atoms with Crippen LogP contribution in [0.5, 0.6) is 0 Å². The van der Waals surface area contributed by atoms with Crippen LogP contribution >= 0.6 is 0 Å². The number of hydrogen-bond donors (Lipinski definition) is 2. The summed E-state index contributed by atoms with van der Waals surface area (Å²) < 4.78 is 0. The van der Waals surface area contributed by atoms with Crippen LogP contribution in [0.3, 0.4) is 0 Å². The molecule has 1 aliphatic heterocycles. The normalized spacial score (nSPS) is 29.5. The topological polar surface area (TPSA) is 75.4 Å². The van der Waals surface area contributed by atoms with E-state index < -0.39 is 11.2 Å². The predicted octanol–water partition coefficient (Wildman–Crippen LogP) is 4.16. The molecule has 0 radical (unpaired) electrons. The second-order valence-electron chi connectivity index (χ2n) is 9.56. The molecule has 3 aliphatic rings. The molecule has 1 heterocycles. The second-order valence-corrected chi connectivity index (χ2v) is 9.56. The van der Waals surface area contributed by atoms with Gasteiger partial charge in [-0.05, 0) is 56.8 Å². The molecule has 5 nitrogen and oxygen atoms in total. The second kappa shape index (κ2) is 7.49. The van der Waals surface area contributed by atoms with E-state index in [9.17, 15) is 9.59 Å². The van der Waals surface area contributed by atoms with Gasteiger partial charge in [-0.1, -0.05) is 52.4 Å². The summed E-state index contributed by atoms with van der Waals surface area (Å²) in [6, 6.07) is -0.267. The van der Waals surface area contributed by atoms with E-state index in [-0.39, 0.29) is 23.8 Å². The van der Waals surface area contributed by atoms with Crippen molar-refractivity contribution in [2.24, 2.45) is 23.5 Å². The summed E-state index contributed by atoms with van der Waals surface area (Å²) in [7, 11) is 0. The Bertz CT molecular complexity index is 517. The molecule has 0 aromatic carbocycles. The zero-order chi connectivity index (χ0) is 18.9. The molecule has 3 amide bonds. The number of imide groups is 1. The lowest BCUT2D eigenvalue weighted by molar-refractivity contribution is -0.141. The Morgan fingerprint density at radius 2 is 1.50 bits per heavy atom. The van der Waals surface area contributed by atoms with Crippen LogP contribution in [0.4, 0.5) is 4.79 Å². The number of rotatable bonds is 5. The minimum absolute atomic E-state index is 0.102. The minimum atomic E-state index is -0.823. The molecular weight excluding hydrogens is 326 g/mol. The van der Waals surface area contributed by atoms with Crippen molar-refractivity contribution in [2.75, 3.05) is 0 Å². The third kappa shape index (κ3) is 3.39. The van der Waals surface area contributed by atoms with E-state index in [1.807, 2.05) is 6.92 Å². The van der Waals surface area contributed by atoms with Gasteiger partial charge in [0.2, 0.25) is 0 Å². The van der Waals surface area contributed by atoms with Crippen molar-refractivity contribution in [1.29, 1.82) is 0 Å². The number of nitrogens with two attached hydrogens (primary N) is 1. The van der Waals surface area contributed by atoms with E-state index in [0.29, 0.717) is 12.3 Å². The molecular formula is C21H37N3O2. The van der Waals surface area contributed by atoms with Crippen LogP contribution in [-0.2, 0) is 4.79 Å². The highest BCUT2D eigenvalue weighted by Gasteiger charge is 2.59. The van der Waals surface area contributed by atoms with Crippen molar-refractivity contribution in [3.05, 3.63) is 0 Å². The average molecular weight is 364 g/mol. The first-order valence-electron chi connectivity index (χ1n) is 10.7. The predicted molar refractivity (Wildman–Crippen MR) is 103 cm³/mol. The summed E-state index contributed by atoms with van der Waals surface area (Å²) in [6.07, 6.45) is 11.9. The van der Waals surface area contributed by atoms with Crippen LogP contribution in [-0.4, -0.2) is 28.0 Å². The molecule has 0 aromatic rings. The Morgan fingerprint density at radius 1 is 1.04 bits per heavy atom. The maximum Gasteiger partial charge on any atom is 0.326 e. The maximum absolute atomic E-state index is 13.5. The Kier molecular flexibility index (Phi) is 5.66. The molecule has 2 aliphatic carbocycles. The van der Waals surface area contributed by atoms with Crippen molar-refractivity contribution in [3.8, 4) is 0 Å². The van der Waals surface area contributed by atoms with Gasteiger partial charge in [-0.2, -0.15) is 0 Å². The summed E-state index contributed by atoms with van der Waals surface area (Å²) in [5.41, 5.74) is 5.49. The van der Waals surface area contributed by atoms with Gasteiger partial charge in [-0.25, -0.2) is 9.69 Å². The smallest absolute Gasteiger partial charge is 0.323 e. The third-order valence-corrected chi connectivity index (χ3v) is 6.98. The van der Waals surface area contributed by atoms with Crippen molar-refractivity contribution >= 4 is 11.9 Å². The quantitative estimate of drug-likeness (QED) is 0.720. The zero-order valence-corrected chi connectivity index (χ0v) is 16.9. The Hall–Kier alpha value is -1.10. The molecule has 26 heavy (non-hydrogen) atoms. The van der Waals surface area contributed by atoms with Gasteiger partial charge in [0.25, 0.3) is 5.91 Å². The Labute approximate surface area is 158 Å². The minimum Gasteiger partial charge on any atom is -0.323 e. The molecule has 3 rings (SSSR count). The van der Waals surface area contributed by atoms with Gasteiger partial charge in [0, 0.05) is 0 Å². The number of hydrogen-bond acceptors (Lipinski definition) is 3. The fraction of sp³-hybridized carbons (Fsp3) is 0.905. The highest BCUT2D eigenvalue weighted by atomic mass is 16.2. The number of amides is 3. The van der Waals surface area contributed by atoms with Crippen LogP contribution in [0.15, 0.2) is 0 Å². The lowest BCUT2D eigenvalue weighted by Gasteiger charge is -2.50. The third-order valence-electron chi connectivity index (χ3n) is 6.98. The zero-order valence-electron chi connectivity index (χ0n) is 16.9. The van der Waals surface area contributed by atoms with Gasteiger partial charge in [0.1, 0.15) is 11.2 Å². The first-order chi connectivity index (χ1) is 12.3. The fourth-order valence-corrected chi connectivity index (χ4v) is 5.82. The molecule has 148 valence electrons. The Balaban J connectivity index is 1.95. The summed E-state index contributed by atoms with van der Waals surface area (Å²) in [6.45, 7) is 6.05. The van der Waals surface area contributed by atoms with Crippen LogP contribution in [0.25, 0.3) is 0 Å². The highest BCUT2D eigenvalue weighted by molar-refractivity contribution is 6.07. The molecule has 0 bridgehead atoms. The molecule has 2 saturated carbocycles. The van der Waals surface area contributed by atoms with E-state index >= 15 is 0 Å². The van der Waals surface area contributed by atoms with Crippen molar-refractivity contribution < 1.29 is 9.59 Å². The molecule has 1 saturated heterocycles. The summed E-state index contributed by atoms with van der Waals surface area (Å²) in [5.74, 6) is 0.696. The standard InChI is InChI=1S/C21H37N3O2/c1-15(2)14-20(3)18(25)24(19(26)23-20)21(22,16-10-6-4-7-11-16)17-12-8-5-9-13-17/h15-17H,4-14,22H2,1-3H3,(H,23,26). The average Bonchev–Trinajstić information content (AvgIpc) is 2.84. The molecule has 0 spiro atoms. The number of carbonyl (C=O) groups is 2. The Morgan fingerprint density at radius 3 is 1.92 bits per heavy atom. The number of urea groups is 1. The van der Waals surface area contributed by atoms with Gasteiger partial charge >= 0.3 is 6.03 Å². The lowest BCUT2D eigenvalue weighted by Crippen LogP contribution is -2.68. The largest absolute Gasteiger partial charge is 0.326 e. The van der Waals surface area contributed by atoms with Crippen molar-refractivity contribution in [3.63, 3.8) is 0 Å². The van der Waals surface area contributed by atoms with E-state index in [1.165, 1.54) is 17.7 Å². The molecule has 1 unspecified atom stereocenters. The van der Waals surface area contributed by atoms with Crippen LogP contribution in [0.2, 0.25) is 0 Å². The summed E-state index contributed by atoms with van der Waals surface area (Å²) in [5, 5.41) is 3.00. The SMILES string of the molecule is CC(C)CC1(C)NC(=O)N(C(N)(C2CCCCC2)C2CCCCC2)C1=O. The first kappa shape index (κ1) is 19.7. The van der Waals surface area contributed by atoms with E-state index in [1.54, 1.807) is 0 Å². The number of carbonyl (C=O) groups excluding carboxylic acids is 2. The van der Waals surface area contributed by atoms with Gasteiger partial charge in [0.05, 0.1) is 0 Å². The van der Waals surface area contributed by atoms with Gasteiger partial charge in [-0.3, -0.25) is 4.79 Å². The maximum atomic E-state index is 13.5. The number of nitrogens with one attached hydrogen (secondary N) is 1. The van der Waals surface area contributed by atoms with Crippen LogP contribution < -0.4 is 11.1 Å². The molecule has 3 N–H and O–H groups in total. The monoisotopic (exact) mass is 363 g/mol. The first-order valence-corrected chi connectivity index (χ1v) is 10.7. The molecule has 3 fully saturated rings. The van der Waals surface area contributed by atoms with Gasteiger partial charge in [-0.15, -0.1) is 0 Å². The van der Waals surface area contributed by atoms with Gasteiger partial charge in [0.15, 0.2) is 0 Å². The molecule has 5 heteroatoms. The molecule has 1 atom stereocenters.